The van der Waals surface area contributed by atoms with Crippen molar-refractivity contribution in [3.05, 3.63) is 29.3 Å². The first-order valence-electron chi connectivity index (χ1n) is 6.68. The normalized spacial score (nSPS) is 18.6. The number of aliphatic hydroxyl groups is 2. The summed E-state index contributed by atoms with van der Waals surface area (Å²) in [4.78, 5) is 0. The van der Waals surface area contributed by atoms with E-state index in [0.29, 0.717) is 12.4 Å². The van der Waals surface area contributed by atoms with Gasteiger partial charge in [-0.25, -0.2) is 0 Å². The van der Waals surface area contributed by atoms with Crippen LogP contribution in [0.15, 0.2) is 18.2 Å². The van der Waals surface area contributed by atoms with Crippen LogP contribution in [0.2, 0.25) is 0 Å². The Kier molecular flexibility index (Phi) is 4.25. The minimum absolute atomic E-state index is 0.0323. The van der Waals surface area contributed by atoms with E-state index in [1.807, 2.05) is 25.1 Å². The summed E-state index contributed by atoms with van der Waals surface area (Å²) in [5.41, 5.74) is 1.20. The molecule has 0 unspecified atom stereocenters. The van der Waals surface area contributed by atoms with Crippen molar-refractivity contribution < 1.29 is 14.9 Å². The van der Waals surface area contributed by atoms with Gasteiger partial charge in [0.1, 0.15) is 12.4 Å². The maximum atomic E-state index is 10.4. The second-order valence-corrected chi connectivity index (χ2v) is 5.34. The van der Waals surface area contributed by atoms with Crippen molar-refractivity contribution in [2.24, 2.45) is 0 Å². The van der Waals surface area contributed by atoms with Crippen molar-refractivity contribution >= 4 is 0 Å². The molecule has 0 spiro atoms. The van der Waals surface area contributed by atoms with E-state index in [4.69, 9.17) is 4.74 Å². The summed E-state index contributed by atoms with van der Waals surface area (Å²) in [6, 6.07) is 5.74. The third kappa shape index (κ3) is 3.24. The fourth-order valence-corrected chi connectivity index (χ4v) is 2.54. The maximum Gasteiger partial charge on any atom is 0.124 e. The maximum absolute atomic E-state index is 10.4. The zero-order valence-electron chi connectivity index (χ0n) is 11.0. The third-order valence-electron chi connectivity index (χ3n) is 3.67. The van der Waals surface area contributed by atoms with Gasteiger partial charge in [-0.05, 0) is 25.8 Å². The van der Waals surface area contributed by atoms with Gasteiger partial charge in [-0.15, -0.1) is 0 Å². The average molecular weight is 250 g/mol. The van der Waals surface area contributed by atoms with Gasteiger partial charge in [0.2, 0.25) is 0 Å². The Morgan fingerprint density at radius 3 is 2.61 bits per heavy atom. The monoisotopic (exact) mass is 250 g/mol. The van der Waals surface area contributed by atoms with Gasteiger partial charge in [0.15, 0.2) is 0 Å². The number of benzene rings is 1. The van der Waals surface area contributed by atoms with Gasteiger partial charge in [0.05, 0.1) is 12.2 Å². The molecule has 0 saturated heterocycles. The molecule has 3 heteroatoms. The molecule has 1 saturated carbocycles. The molecule has 0 atom stereocenters. The summed E-state index contributed by atoms with van der Waals surface area (Å²) in [5.74, 6) is 0.682. The summed E-state index contributed by atoms with van der Waals surface area (Å²) in [6.07, 6.45) is 4.97. The fraction of sp³-hybridized carbons (Fsp3) is 0.600. The quantitative estimate of drug-likeness (QED) is 0.863. The molecule has 0 aliphatic heterocycles. The van der Waals surface area contributed by atoms with E-state index in [1.165, 1.54) is 6.42 Å². The van der Waals surface area contributed by atoms with Gasteiger partial charge in [0, 0.05) is 5.56 Å². The van der Waals surface area contributed by atoms with E-state index in [9.17, 15) is 10.2 Å². The zero-order valence-corrected chi connectivity index (χ0v) is 11.0. The highest BCUT2D eigenvalue weighted by molar-refractivity contribution is 5.36. The summed E-state index contributed by atoms with van der Waals surface area (Å²) >= 11 is 0. The lowest BCUT2D eigenvalue weighted by atomic mass is 9.85. The molecular weight excluding hydrogens is 228 g/mol. The highest BCUT2D eigenvalue weighted by atomic mass is 16.5. The molecule has 100 valence electrons. The van der Waals surface area contributed by atoms with E-state index in [-0.39, 0.29) is 6.61 Å². The van der Waals surface area contributed by atoms with Crippen LogP contribution in [-0.4, -0.2) is 22.4 Å². The smallest absolute Gasteiger partial charge is 0.124 e. The van der Waals surface area contributed by atoms with Crippen LogP contribution in [0.4, 0.5) is 0 Å². The Labute approximate surface area is 108 Å². The van der Waals surface area contributed by atoms with Gasteiger partial charge < -0.3 is 14.9 Å². The first kappa shape index (κ1) is 13.4. The van der Waals surface area contributed by atoms with E-state index < -0.39 is 5.60 Å². The van der Waals surface area contributed by atoms with Gasteiger partial charge in [-0.1, -0.05) is 37.0 Å². The molecule has 0 heterocycles. The van der Waals surface area contributed by atoms with Crippen molar-refractivity contribution in [3.63, 3.8) is 0 Å². The largest absolute Gasteiger partial charge is 0.490 e. The van der Waals surface area contributed by atoms with Gasteiger partial charge in [-0.3, -0.25) is 0 Å². The lowest BCUT2D eigenvalue weighted by molar-refractivity contribution is -0.0343. The van der Waals surface area contributed by atoms with Crippen LogP contribution < -0.4 is 4.74 Å². The Morgan fingerprint density at radius 1 is 1.22 bits per heavy atom. The number of hydrogen-bond donors (Lipinski definition) is 2. The predicted molar refractivity (Wildman–Crippen MR) is 70.6 cm³/mol. The molecule has 1 fully saturated rings. The molecule has 1 aromatic carbocycles. The standard InChI is InChI=1S/C15H22O3/c1-12-5-6-14(13(9-12)10-16)18-11-15(17)7-3-2-4-8-15/h5-6,9,16-17H,2-4,7-8,10-11H2,1H3. The average Bonchev–Trinajstić information content (AvgIpc) is 2.38. The Morgan fingerprint density at radius 2 is 1.94 bits per heavy atom. The highest BCUT2D eigenvalue weighted by Crippen LogP contribution is 2.29. The summed E-state index contributed by atoms with van der Waals surface area (Å²) < 4.78 is 5.72. The molecule has 2 N–H and O–H groups in total. The van der Waals surface area contributed by atoms with Crippen molar-refractivity contribution in [2.75, 3.05) is 6.61 Å². The van der Waals surface area contributed by atoms with E-state index in [0.717, 1.165) is 36.8 Å². The molecule has 0 aromatic heterocycles. The van der Waals surface area contributed by atoms with Crippen molar-refractivity contribution in [2.45, 2.75) is 51.2 Å². The first-order valence-corrected chi connectivity index (χ1v) is 6.68. The first-order chi connectivity index (χ1) is 8.63. The van der Waals surface area contributed by atoms with E-state index >= 15 is 0 Å². The van der Waals surface area contributed by atoms with Gasteiger partial charge in [0.25, 0.3) is 0 Å². The molecule has 0 bridgehead atoms. The number of hydrogen-bond acceptors (Lipinski definition) is 3. The van der Waals surface area contributed by atoms with Gasteiger partial charge in [-0.2, -0.15) is 0 Å². The highest BCUT2D eigenvalue weighted by Gasteiger charge is 2.30. The second kappa shape index (κ2) is 5.72. The van der Waals surface area contributed by atoms with Crippen LogP contribution in [0, 0.1) is 6.92 Å². The SMILES string of the molecule is Cc1ccc(OCC2(O)CCCCC2)c(CO)c1. The minimum atomic E-state index is -0.685. The Bertz CT molecular complexity index is 395. The number of rotatable bonds is 4. The summed E-state index contributed by atoms with van der Waals surface area (Å²) in [6.45, 7) is 2.27. The minimum Gasteiger partial charge on any atom is -0.490 e. The number of aryl methyl sites for hydroxylation is 1. The van der Waals surface area contributed by atoms with Crippen LogP contribution in [0.1, 0.15) is 43.2 Å². The van der Waals surface area contributed by atoms with Gasteiger partial charge >= 0.3 is 0 Å². The second-order valence-electron chi connectivity index (χ2n) is 5.34. The summed E-state index contributed by atoms with van der Waals surface area (Å²) in [5, 5.41) is 19.7. The third-order valence-corrected chi connectivity index (χ3v) is 3.67. The molecule has 18 heavy (non-hydrogen) atoms. The Balaban J connectivity index is 2.01. The molecule has 1 aromatic rings. The topological polar surface area (TPSA) is 49.7 Å². The van der Waals surface area contributed by atoms with Crippen LogP contribution in [0.25, 0.3) is 0 Å². The lowest BCUT2D eigenvalue weighted by Crippen LogP contribution is -2.38. The lowest BCUT2D eigenvalue weighted by Gasteiger charge is -2.32. The molecule has 1 aliphatic rings. The van der Waals surface area contributed by atoms with E-state index in [2.05, 4.69) is 0 Å². The van der Waals surface area contributed by atoms with Crippen molar-refractivity contribution in [1.82, 2.24) is 0 Å². The molecule has 0 radical (unpaired) electrons. The van der Waals surface area contributed by atoms with Crippen LogP contribution in [0.3, 0.4) is 0 Å². The fourth-order valence-electron chi connectivity index (χ4n) is 2.54. The molecule has 1 aliphatic carbocycles. The van der Waals surface area contributed by atoms with Crippen molar-refractivity contribution in [1.29, 1.82) is 0 Å². The zero-order chi connectivity index (χ0) is 13.0. The predicted octanol–water partition coefficient (Wildman–Crippen LogP) is 2.56. The van der Waals surface area contributed by atoms with Crippen LogP contribution >= 0.6 is 0 Å². The van der Waals surface area contributed by atoms with Crippen LogP contribution in [0.5, 0.6) is 5.75 Å². The number of aliphatic hydroxyl groups excluding tert-OH is 1. The van der Waals surface area contributed by atoms with E-state index in [1.54, 1.807) is 0 Å². The molecule has 3 nitrogen and oxygen atoms in total. The molecule has 0 amide bonds. The molecule has 2 rings (SSSR count). The summed E-state index contributed by atoms with van der Waals surface area (Å²) in [7, 11) is 0. The van der Waals surface area contributed by atoms with Crippen molar-refractivity contribution in [3.8, 4) is 5.75 Å². The number of ether oxygens (including phenoxy) is 1. The Hall–Kier alpha value is -1.06. The van der Waals surface area contributed by atoms with Crippen LogP contribution in [-0.2, 0) is 6.61 Å². The molecular formula is C15H22O3.